The van der Waals surface area contributed by atoms with Crippen molar-refractivity contribution in [1.82, 2.24) is 9.80 Å². The summed E-state index contributed by atoms with van der Waals surface area (Å²) >= 11 is 6.11. The molecule has 0 radical (unpaired) electrons. The summed E-state index contributed by atoms with van der Waals surface area (Å²) in [6.45, 7) is 3.37. The Morgan fingerprint density at radius 3 is 2.71 bits per heavy atom. The number of nitrogens with zero attached hydrogens (tertiary/aromatic N) is 2. The number of carbonyl (C=O) groups excluding carboxylic acids is 2. The van der Waals surface area contributed by atoms with Gasteiger partial charge < -0.3 is 25.0 Å². The Morgan fingerprint density at radius 2 is 1.89 bits per heavy atom. The van der Waals surface area contributed by atoms with Crippen molar-refractivity contribution in [2.45, 2.75) is 6.42 Å². The molecule has 0 unspecified atom stereocenters. The third-order valence-electron chi connectivity index (χ3n) is 6.08. The van der Waals surface area contributed by atoms with Gasteiger partial charge in [0.15, 0.2) is 0 Å². The molecule has 3 heterocycles. The van der Waals surface area contributed by atoms with Crippen molar-refractivity contribution in [3.63, 3.8) is 0 Å². The van der Waals surface area contributed by atoms with Crippen molar-refractivity contribution < 1.29 is 19.5 Å². The van der Waals surface area contributed by atoms with Gasteiger partial charge in [0.1, 0.15) is 11.5 Å². The molecule has 184 valence electrons. The quantitative estimate of drug-likeness (QED) is 0.520. The average Bonchev–Trinajstić information content (AvgIpc) is 3.33. The van der Waals surface area contributed by atoms with Gasteiger partial charge in [-0.25, -0.2) is 0 Å². The summed E-state index contributed by atoms with van der Waals surface area (Å²) in [6, 6.07) is 16.5. The van der Waals surface area contributed by atoms with E-state index >= 15 is 0 Å². The highest BCUT2D eigenvalue weighted by Gasteiger charge is 2.25. The molecule has 9 heteroatoms. The predicted octanol–water partition coefficient (Wildman–Crippen LogP) is 4.47. The number of fused-ring (bicyclic) bond motifs is 1. The molecular formula is C26H27Cl2N3O4. The van der Waals surface area contributed by atoms with E-state index < -0.39 is 0 Å². The van der Waals surface area contributed by atoms with Gasteiger partial charge in [-0.15, -0.1) is 12.4 Å². The Morgan fingerprint density at radius 1 is 1.06 bits per heavy atom. The van der Waals surface area contributed by atoms with Crippen molar-refractivity contribution in [3.05, 3.63) is 76.5 Å². The van der Waals surface area contributed by atoms with Gasteiger partial charge in [-0.05, 0) is 68.6 Å². The van der Waals surface area contributed by atoms with Crippen molar-refractivity contribution in [2.24, 2.45) is 0 Å². The van der Waals surface area contributed by atoms with Crippen molar-refractivity contribution in [2.75, 3.05) is 38.5 Å². The molecule has 35 heavy (non-hydrogen) atoms. The molecule has 5 rings (SSSR count). The van der Waals surface area contributed by atoms with E-state index in [9.17, 15) is 9.59 Å². The molecule has 0 atom stereocenters. The van der Waals surface area contributed by atoms with Crippen LogP contribution >= 0.6 is 24.0 Å². The van der Waals surface area contributed by atoms with Crippen LogP contribution in [0.5, 0.6) is 0 Å². The lowest BCUT2D eigenvalue weighted by Gasteiger charge is -2.20. The van der Waals surface area contributed by atoms with Crippen molar-refractivity contribution in [1.29, 1.82) is 0 Å². The van der Waals surface area contributed by atoms with E-state index in [2.05, 4.69) is 17.3 Å². The number of hydrogen-bond donors (Lipinski definition) is 1. The fourth-order valence-electron chi connectivity index (χ4n) is 4.27. The molecule has 3 aromatic rings. The molecule has 0 aliphatic carbocycles. The molecule has 2 aliphatic heterocycles. The van der Waals surface area contributed by atoms with E-state index in [1.54, 1.807) is 24.3 Å². The number of likely N-dealkylation sites (N-methyl/N-ethyl adjacent to an activating group) is 1. The molecule has 2 aromatic carbocycles. The zero-order chi connectivity index (χ0) is 22.9. The van der Waals surface area contributed by atoms with Gasteiger partial charge in [0, 0.05) is 47.0 Å². The summed E-state index contributed by atoms with van der Waals surface area (Å²) in [6.07, 6.45) is 2.68. The number of rotatable bonds is 3. The molecule has 2 amide bonds. The second-order valence-corrected chi connectivity index (χ2v) is 8.87. The monoisotopic (exact) mass is 515 g/mol. The largest absolute Gasteiger partial charge is 0.457 e. The number of benzene rings is 2. The standard InChI is InChI=1S/C26H24ClN3O3.ClH.H2O/c1-29-10-3-11-30(13-12-29)26(32)18-5-2-4-17(14-18)24-9-7-20(33-24)16-22-21-15-19(27)6-8-23(21)28-25(22)31;;/h2,4-9,14-16H,3,10-13H2,1H3,(H,28,31);1H;1H2/b22-16-;;. The van der Waals surface area contributed by atoms with Gasteiger partial charge in [-0.3, -0.25) is 9.59 Å². The number of hydrogen-bond acceptors (Lipinski definition) is 4. The van der Waals surface area contributed by atoms with E-state index in [1.807, 2.05) is 41.3 Å². The molecule has 0 spiro atoms. The first-order valence-electron chi connectivity index (χ1n) is 11.0. The normalized spacial score (nSPS) is 16.7. The minimum Gasteiger partial charge on any atom is -0.457 e. The number of halogens is 2. The lowest BCUT2D eigenvalue weighted by molar-refractivity contribution is -0.110. The summed E-state index contributed by atoms with van der Waals surface area (Å²) in [5.41, 5.74) is 3.45. The van der Waals surface area contributed by atoms with Crippen LogP contribution in [0.4, 0.5) is 5.69 Å². The summed E-state index contributed by atoms with van der Waals surface area (Å²) in [4.78, 5) is 29.7. The number of furan rings is 1. The lowest BCUT2D eigenvalue weighted by Crippen LogP contribution is -2.34. The van der Waals surface area contributed by atoms with Crippen LogP contribution in [-0.2, 0) is 4.79 Å². The first-order chi connectivity index (χ1) is 16.0. The van der Waals surface area contributed by atoms with Crippen molar-refractivity contribution >= 4 is 53.2 Å². The van der Waals surface area contributed by atoms with Crippen LogP contribution in [0.15, 0.2) is 59.0 Å². The maximum absolute atomic E-state index is 13.1. The highest BCUT2D eigenvalue weighted by Crippen LogP contribution is 2.35. The van der Waals surface area contributed by atoms with E-state index in [0.717, 1.165) is 49.4 Å². The first kappa shape index (κ1) is 26.5. The SMILES string of the molecule is CN1CCCN(C(=O)c2cccc(-c3ccc(/C=C4\C(=O)Nc5ccc(Cl)cc54)o3)c2)CC1.Cl.O. The second kappa shape index (κ2) is 11.1. The Bertz CT molecular complexity index is 1270. The Kier molecular flexibility index (Phi) is 8.40. The highest BCUT2D eigenvalue weighted by atomic mass is 35.5. The van der Waals surface area contributed by atoms with Gasteiger partial charge >= 0.3 is 0 Å². The van der Waals surface area contributed by atoms with E-state index in [-0.39, 0.29) is 29.7 Å². The van der Waals surface area contributed by atoms with Crippen LogP contribution in [0, 0.1) is 0 Å². The predicted molar refractivity (Wildman–Crippen MR) is 141 cm³/mol. The molecule has 1 fully saturated rings. The summed E-state index contributed by atoms with van der Waals surface area (Å²) < 4.78 is 6.02. The topological polar surface area (TPSA) is 97.3 Å². The van der Waals surface area contributed by atoms with Gasteiger partial charge in [-0.2, -0.15) is 0 Å². The van der Waals surface area contributed by atoms with E-state index in [1.165, 1.54) is 0 Å². The summed E-state index contributed by atoms with van der Waals surface area (Å²) in [5.74, 6) is 1.03. The first-order valence-corrected chi connectivity index (χ1v) is 11.4. The molecule has 0 saturated carbocycles. The van der Waals surface area contributed by atoms with Crippen LogP contribution < -0.4 is 5.32 Å². The number of anilines is 1. The molecule has 1 saturated heterocycles. The Balaban J connectivity index is 0.00000171. The minimum atomic E-state index is -0.194. The maximum Gasteiger partial charge on any atom is 0.256 e. The van der Waals surface area contributed by atoms with Crippen LogP contribution in [0.25, 0.3) is 23.0 Å². The fraction of sp³-hybridized carbons (Fsp3) is 0.231. The van der Waals surface area contributed by atoms with Gasteiger partial charge in [0.2, 0.25) is 0 Å². The second-order valence-electron chi connectivity index (χ2n) is 8.43. The highest BCUT2D eigenvalue weighted by molar-refractivity contribution is 6.36. The zero-order valence-corrected chi connectivity index (χ0v) is 20.8. The smallest absolute Gasteiger partial charge is 0.256 e. The third kappa shape index (κ3) is 5.60. The Hall–Kier alpha value is -3.10. The van der Waals surface area contributed by atoms with Crippen molar-refractivity contribution in [3.8, 4) is 11.3 Å². The fourth-order valence-corrected chi connectivity index (χ4v) is 4.44. The van der Waals surface area contributed by atoms with E-state index in [0.29, 0.717) is 27.7 Å². The average molecular weight is 516 g/mol. The Labute approximate surface area is 215 Å². The molecule has 2 aliphatic rings. The summed E-state index contributed by atoms with van der Waals surface area (Å²) in [7, 11) is 2.08. The van der Waals surface area contributed by atoms with Crippen LogP contribution in [0.1, 0.15) is 28.1 Å². The van der Waals surface area contributed by atoms with E-state index in [4.69, 9.17) is 16.0 Å². The van der Waals surface area contributed by atoms with Crippen LogP contribution in [0.3, 0.4) is 0 Å². The van der Waals surface area contributed by atoms with Crippen LogP contribution in [-0.4, -0.2) is 60.3 Å². The zero-order valence-electron chi connectivity index (χ0n) is 19.2. The molecule has 0 bridgehead atoms. The van der Waals surface area contributed by atoms with Gasteiger partial charge in [0.05, 0.1) is 5.57 Å². The minimum absolute atomic E-state index is 0. The lowest BCUT2D eigenvalue weighted by atomic mass is 10.1. The van der Waals surface area contributed by atoms with Gasteiger partial charge in [0.25, 0.3) is 11.8 Å². The molecule has 7 nitrogen and oxygen atoms in total. The molecule has 3 N–H and O–H groups in total. The number of nitrogens with one attached hydrogen (secondary N) is 1. The summed E-state index contributed by atoms with van der Waals surface area (Å²) in [5, 5.41) is 3.40. The number of carbonyl (C=O) groups is 2. The van der Waals surface area contributed by atoms with Crippen LogP contribution in [0.2, 0.25) is 5.02 Å². The molecule has 1 aromatic heterocycles. The maximum atomic E-state index is 13.1. The van der Waals surface area contributed by atoms with Gasteiger partial charge in [-0.1, -0.05) is 23.7 Å². The molecular weight excluding hydrogens is 489 g/mol. The number of amides is 2. The third-order valence-corrected chi connectivity index (χ3v) is 6.31.